The summed E-state index contributed by atoms with van der Waals surface area (Å²) in [4.78, 5) is 39.1. The third-order valence-electron chi connectivity index (χ3n) is 7.02. The monoisotopic (exact) mass is 566 g/mol. The number of benzene rings is 3. The highest BCUT2D eigenvalue weighted by Crippen LogP contribution is 2.36. The Labute approximate surface area is 237 Å². The molecule has 4 rings (SSSR count). The highest BCUT2D eigenvalue weighted by atomic mass is 19.4. The Morgan fingerprint density at radius 1 is 0.976 bits per heavy atom. The van der Waals surface area contributed by atoms with Crippen LogP contribution in [0.15, 0.2) is 66.7 Å². The molecule has 7 nitrogen and oxygen atoms in total. The number of alkyl halides is 3. The third-order valence-corrected chi connectivity index (χ3v) is 7.02. The summed E-state index contributed by atoms with van der Waals surface area (Å²) in [5.41, 5.74) is 3.59. The zero-order valence-corrected chi connectivity index (χ0v) is 23.0. The number of anilines is 1. The Bertz CT molecular complexity index is 1410. The van der Waals surface area contributed by atoms with Crippen LogP contribution in [-0.2, 0) is 35.3 Å². The van der Waals surface area contributed by atoms with E-state index in [-0.39, 0.29) is 43.7 Å². The Kier molecular flexibility index (Phi) is 9.31. The average Bonchev–Trinajstić information content (AvgIpc) is 3.08. The van der Waals surface area contributed by atoms with Gasteiger partial charge in [0.15, 0.2) is 0 Å². The van der Waals surface area contributed by atoms with Crippen molar-refractivity contribution in [1.29, 1.82) is 0 Å². The summed E-state index contributed by atoms with van der Waals surface area (Å²) in [5.74, 6) is -0.661. The van der Waals surface area contributed by atoms with E-state index < -0.39 is 17.8 Å². The van der Waals surface area contributed by atoms with E-state index in [0.717, 1.165) is 34.4 Å². The predicted molar refractivity (Wildman–Crippen MR) is 151 cm³/mol. The molecule has 3 aromatic carbocycles. The Hall–Kier alpha value is -4.34. The van der Waals surface area contributed by atoms with Crippen molar-refractivity contribution in [3.8, 4) is 11.1 Å². The fraction of sp³-hybridized carbons (Fsp3) is 0.323. The maximum atomic E-state index is 13.6. The van der Waals surface area contributed by atoms with Gasteiger partial charge < -0.3 is 20.9 Å². The molecule has 1 atom stereocenters. The van der Waals surface area contributed by atoms with Crippen LogP contribution >= 0.6 is 0 Å². The van der Waals surface area contributed by atoms with Gasteiger partial charge in [0.1, 0.15) is 6.04 Å². The Morgan fingerprint density at radius 2 is 1.71 bits per heavy atom. The molecule has 3 N–H and O–H groups in total. The van der Waals surface area contributed by atoms with Gasteiger partial charge >= 0.3 is 12.2 Å². The highest BCUT2D eigenvalue weighted by molar-refractivity contribution is 6.00. The van der Waals surface area contributed by atoms with Gasteiger partial charge in [0, 0.05) is 25.2 Å². The van der Waals surface area contributed by atoms with Gasteiger partial charge in [-0.3, -0.25) is 9.59 Å². The van der Waals surface area contributed by atoms with E-state index in [1.807, 2.05) is 55.5 Å². The minimum atomic E-state index is -4.51. The number of carbonyl (C=O) groups is 3. The Morgan fingerprint density at radius 3 is 2.39 bits per heavy atom. The van der Waals surface area contributed by atoms with E-state index >= 15 is 0 Å². The number of rotatable bonds is 8. The predicted octanol–water partition coefficient (Wildman–Crippen LogP) is 5.57. The van der Waals surface area contributed by atoms with Crippen molar-refractivity contribution in [1.82, 2.24) is 16.0 Å². The summed E-state index contributed by atoms with van der Waals surface area (Å²) in [5, 5.41) is 8.27. The first-order valence-corrected chi connectivity index (χ1v) is 13.6. The molecule has 0 aliphatic carbocycles. The fourth-order valence-electron chi connectivity index (χ4n) is 4.88. The smallest absolute Gasteiger partial charge is 0.344 e. The molecule has 0 saturated heterocycles. The van der Waals surface area contributed by atoms with Gasteiger partial charge in [-0.1, -0.05) is 55.5 Å². The molecule has 216 valence electrons. The van der Waals surface area contributed by atoms with Crippen LogP contribution < -0.4 is 20.9 Å². The first kappa shape index (κ1) is 29.6. The second-order valence-corrected chi connectivity index (χ2v) is 9.85. The van der Waals surface area contributed by atoms with E-state index in [1.165, 1.54) is 11.0 Å². The lowest BCUT2D eigenvalue weighted by Crippen LogP contribution is -2.47. The van der Waals surface area contributed by atoms with Crippen LogP contribution in [0.5, 0.6) is 0 Å². The average molecular weight is 567 g/mol. The minimum absolute atomic E-state index is 0.121. The van der Waals surface area contributed by atoms with E-state index in [0.29, 0.717) is 24.3 Å². The summed E-state index contributed by atoms with van der Waals surface area (Å²) in [6.07, 6.45) is -3.89. The normalized spacial score (nSPS) is 15.1. The molecule has 4 amide bonds. The molecule has 0 bridgehead atoms. The van der Waals surface area contributed by atoms with Gasteiger partial charge in [0.2, 0.25) is 11.8 Å². The van der Waals surface area contributed by atoms with Crippen molar-refractivity contribution < 1.29 is 27.6 Å². The molecule has 0 unspecified atom stereocenters. The molecule has 1 aliphatic rings. The molecule has 0 saturated carbocycles. The molecule has 3 aromatic rings. The molecular weight excluding hydrogens is 533 g/mol. The zero-order chi connectivity index (χ0) is 29.6. The number of halogens is 3. The first-order valence-electron chi connectivity index (χ1n) is 13.6. The highest BCUT2D eigenvalue weighted by Gasteiger charge is 2.35. The molecule has 1 heterocycles. The molecule has 0 radical (unpaired) electrons. The number of hydrogen-bond donors (Lipinski definition) is 3. The lowest BCUT2D eigenvalue weighted by molar-refractivity contribution is -0.137. The Balaban J connectivity index is 1.61. The van der Waals surface area contributed by atoms with Crippen molar-refractivity contribution in [3.05, 3.63) is 89.0 Å². The third kappa shape index (κ3) is 7.25. The summed E-state index contributed by atoms with van der Waals surface area (Å²) < 4.78 is 40.3. The summed E-state index contributed by atoms with van der Waals surface area (Å²) in [7, 11) is 0. The molecule has 0 fully saturated rings. The number of nitrogens with one attached hydrogen (secondary N) is 3. The van der Waals surface area contributed by atoms with E-state index in [9.17, 15) is 27.6 Å². The van der Waals surface area contributed by atoms with Crippen LogP contribution in [0.1, 0.15) is 48.9 Å². The van der Waals surface area contributed by atoms with Crippen LogP contribution in [0, 0.1) is 0 Å². The quantitative estimate of drug-likeness (QED) is 0.333. The van der Waals surface area contributed by atoms with E-state index in [4.69, 9.17) is 0 Å². The largest absolute Gasteiger partial charge is 0.416 e. The van der Waals surface area contributed by atoms with Crippen LogP contribution in [-0.4, -0.2) is 30.4 Å². The molecule has 0 spiro atoms. The molecule has 41 heavy (non-hydrogen) atoms. The van der Waals surface area contributed by atoms with Crippen molar-refractivity contribution in [2.45, 2.75) is 58.4 Å². The molecule has 0 aromatic heterocycles. The molecule has 10 heteroatoms. The number of aryl methyl sites for hydroxylation is 1. The SMILES string of the molecule is CCNC(=O)NCc1ccccc1-c1ccc(CN2C(=O)[C@H](NC(=O)CC)CCc3cc(C(F)(F)F)ccc32)cc1. The molecule has 1 aliphatic heterocycles. The van der Waals surface area contributed by atoms with Gasteiger partial charge in [0.25, 0.3) is 0 Å². The van der Waals surface area contributed by atoms with Crippen molar-refractivity contribution >= 4 is 23.5 Å². The lowest BCUT2D eigenvalue weighted by atomic mass is 9.98. The lowest BCUT2D eigenvalue weighted by Gasteiger charge is -2.27. The van der Waals surface area contributed by atoms with Crippen molar-refractivity contribution in [2.24, 2.45) is 0 Å². The van der Waals surface area contributed by atoms with E-state index in [2.05, 4.69) is 16.0 Å². The van der Waals surface area contributed by atoms with Crippen LogP contribution in [0.3, 0.4) is 0 Å². The second kappa shape index (κ2) is 12.9. The van der Waals surface area contributed by atoms with Gasteiger partial charge in [0.05, 0.1) is 12.1 Å². The standard InChI is InChI=1S/C31H33F3N4O3/c1-3-28(39)37-26-15-13-22-17-24(31(32,33)34)14-16-27(22)38(29(26)40)19-20-9-11-21(12-10-20)25-8-6-5-7-23(25)18-36-30(41)35-4-2/h5-12,14,16-17,26H,3-4,13,15,18-19H2,1-2H3,(H,37,39)(H2,35,36,41)/t26-/m1/s1. The topological polar surface area (TPSA) is 90.5 Å². The fourth-order valence-corrected chi connectivity index (χ4v) is 4.88. The van der Waals surface area contributed by atoms with E-state index in [1.54, 1.807) is 6.92 Å². The zero-order valence-electron chi connectivity index (χ0n) is 23.0. The first-order chi connectivity index (χ1) is 19.6. The van der Waals surface area contributed by atoms with Gasteiger partial charge in [-0.05, 0) is 65.8 Å². The van der Waals surface area contributed by atoms with Crippen LogP contribution in [0.2, 0.25) is 0 Å². The number of nitrogens with zero attached hydrogens (tertiary/aromatic N) is 1. The van der Waals surface area contributed by atoms with Crippen LogP contribution in [0.25, 0.3) is 11.1 Å². The minimum Gasteiger partial charge on any atom is -0.344 e. The summed E-state index contributed by atoms with van der Waals surface area (Å²) >= 11 is 0. The number of hydrogen-bond acceptors (Lipinski definition) is 3. The maximum Gasteiger partial charge on any atom is 0.416 e. The number of amides is 4. The van der Waals surface area contributed by atoms with Gasteiger partial charge in [-0.15, -0.1) is 0 Å². The number of fused-ring (bicyclic) bond motifs is 1. The maximum absolute atomic E-state index is 13.6. The van der Waals surface area contributed by atoms with Crippen molar-refractivity contribution in [3.63, 3.8) is 0 Å². The molecular formula is C31H33F3N4O3. The summed E-state index contributed by atoms with van der Waals surface area (Å²) in [6, 6.07) is 17.6. The van der Waals surface area contributed by atoms with Crippen LogP contribution in [0.4, 0.5) is 23.7 Å². The van der Waals surface area contributed by atoms with Gasteiger partial charge in [-0.25, -0.2) is 4.79 Å². The number of carbonyl (C=O) groups excluding carboxylic acids is 3. The summed E-state index contributed by atoms with van der Waals surface area (Å²) in [6.45, 7) is 4.50. The number of urea groups is 1. The second-order valence-electron chi connectivity index (χ2n) is 9.85. The van der Waals surface area contributed by atoms with Crippen molar-refractivity contribution in [2.75, 3.05) is 11.4 Å². The van der Waals surface area contributed by atoms with Gasteiger partial charge in [-0.2, -0.15) is 13.2 Å².